The number of hydrogen-bond donors (Lipinski definition) is 1. The van der Waals surface area contributed by atoms with Crippen LogP contribution in [0.25, 0.3) is 0 Å². The molecule has 0 radical (unpaired) electrons. The number of anilines is 1. The van der Waals surface area contributed by atoms with Gasteiger partial charge in [-0.05, 0) is 24.6 Å². The Labute approximate surface area is 132 Å². The van der Waals surface area contributed by atoms with Crippen molar-refractivity contribution in [2.24, 2.45) is 7.05 Å². The number of alkyl halides is 3. The summed E-state index contributed by atoms with van der Waals surface area (Å²) in [7, 11) is 3.21. The molecule has 8 heteroatoms. The van der Waals surface area contributed by atoms with Crippen LogP contribution in [0.3, 0.4) is 0 Å². The fourth-order valence-electron chi connectivity index (χ4n) is 2.07. The Kier molecular flexibility index (Phi) is 5.02. The molecule has 1 aromatic carbocycles. The third-order valence-electron chi connectivity index (χ3n) is 3.12. The van der Waals surface area contributed by atoms with E-state index in [2.05, 4.69) is 10.4 Å². The van der Waals surface area contributed by atoms with Gasteiger partial charge in [-0.1, -0.05) is 6.07 Å². The van der Waals surface area contributed by atoms with Gasteiger partial charge in [-0.15, -0.1) is 0 Å². The van der Waals surface area contributed by atoms with Crippen LogP contribution in [-0.2, 0) is 13.6 Å². The molecule has 0 aliphatic rings. The highest BCUT2D eigenvalue weighted by molar-refractivity contribution is 5.48. The molecule has 23 heavy (non-hydrogen) atoms. The molecule has 0 saturated heterocycles. The highest BCUT2D eigenvalue weighted by Gasteiger charge is 2.29. The van der Waals surface area contributed by atoms with Gasteiger partial charge >= 0.3 is 6.18 Å². The molecular weight excluding hydrogens is 311 g/mol. The van der Waals surface area contributed by atoms with Crippen molar-refractivity contribution in [3.8, 4) is 11.5 Å². The molecule has 0 amide bonds. The van der Waals surface area contributed by atoms with Crippen LogP contribution >= 0.6 is 0 Å². The molecule has 0 aliphatic heterocycles. The van der Waals surface area contributed by atoms with Gasteiger partial charge < -0.3 is 14.8 Å². The Morgan fingerprint density at radius 3 is 2.57 bits per heavy atom. The highest BCUT2D eigenvalue weighted by atomic mass is 19.4. The fourth-order valence-corrected chi connectivity index (χ4v) is 2.07. The van der Waals surface area contributed by atoms with E-state index in [1.807, 2.05) is 20.2 Å². The van der Waals surface area contributed by atoms with E-state index in [9.17, 15) is 13.2 Å². The minimum absolute atomic E-state index is 0.0612. The normalized spacial score (nSPS) is 11.4. The Hall–Kier alpha value is -2.38. The van der Waals surface area contributed by atoms with E-state index in [1.54, 1.807) is 16.8 Å². The van der Waals surface area contributed by atoms with Crippen molar-refractivity contribution in [3.05, 3.63) is 35.7 Å². The number of rotatable bonds is 6. The molecule has 0 unspecified atom stereocenters. The van der Waals surface area contributed by atoms with Gasteiger partial charge in [0, 0.05) is 19.8 Å². The summed E-state index contributed by atoms with van der Waals surface area (Å²) in [6, 6.07) is 4.80. The van der Waals surface area contributed by atoms with Gasteiger partial charge in [0.2, 0.25) is 0 Å². The zero-order valence-corrected chi connectivity index (χ0v) is 13.1. The maximum Gasteiger partial charge on any atom is 0.422 e. The quantitative estimate of drug-likeness (QED) is 0.883. The average molecular weight is 329 g/mol. The van der Waals surface area contributed by atoms with Crippen LogP contribution in [0, 0.1) is 6.92 Å². The lowest BCUT2D eigenvalue weighted by Gasteiger charge is -2.14. The Bertz CT molecular complexity index is 668. The lowest BCUT2D eigenvalue weighted by Crippen LogP contribution is -2.19. The van der Waals surface area contributed by atoms with Gasteiger partial charge in [0.25, 0.3) is 0 Å². The van der Waals surface area contributed by atoms with E-state index in [-0.39, 0.29) is 11.5 Å². The van der Waals surface area contributed by atoms with Crippen molar-refractivity contribution >= 4 is 5.69 Å². The molecule has 0 bridgehead atoms. The predicted molar refractivity (Wildman–Crippen MR) is 79.8 cm³/mol. The summed E-state index contributed by atoms with van der Waals surface area (Å²) >= 11 is 0. The fraction of sp³-hybridized carbons (Fsp3) is 0.400. The van der Waals surface area contributed by atoms with E-state index in [0.29, 0.717) is 6.54 Å². The topological polar surface area (TPSA) is 48.3 Å². The molecule has 0 spiro atoms. The summed E-state index contributed by atoms with van der Waals surface area (Å²) in [5.74, 6) is 0.322. The third-order valence-corrected chi connectivity index (χ3v) is 3.12. The first-order valence-corrected chi connectivity index (χ1v) is 6.89. The van der Waals surface area contributed by atoms with Gasteiger partial charge in [-0.2, -0.15) is 18.3 Å². The summed E-state index contributed by atoms with van der Waals surface area (Å²) in [5.41, 5.74) is 2.61. The maximum absolute atomic E-state index is 12.2. The van der Waals surface area contributed by atoms with Crippen molar-refractivity contribution in [1.29, 1.82) is 0 Å². The number of nitrogens with one attached hydrogen (secondary N) is 1. The number of hydrogen-bond acceptors (Lipinski definition) is 4. The minimum atomic E-state index is -4.39. The van der Waals surface area contributed by atoms with Crippen LogP contribution in [-0.4, -0.2) is 29.7 Å². The summed E-state index contributed by atoms with van der Waals surface area (Å²) in [6.07, 6.45) is -2.53. The van der Waals surface area contributed by atoms with Crippen LogP contribution < -0.4 is 14.8 Å². The first-order valence-electron chi connectivity index (χ1n) is 6.89. The summed E-state index contributed by atoms with van der Waals surface area (Å²) in [5, 5.41) is 7.44. The SMILES string of the molecule is COc1cc(CNc2cn(C)nc2C)ccc1OCC(F)(F)F. The Morgan fingerprint density at radius 1 is 1.26 bits per heavy atom. The summed E-state index contributed by atoms with van der Waals surface area (Å²) < 4.78 is 48.2. The number of ether oxygens (including phenoxy) is 2. The molecule has 5 nitrogen and oxygen atoms in total. The van der Waals surface area contributed by atoms with Gasteiger partial charge in [0.15, 0.2) is 18.1 Å². The standard InChI is InChI=1S/C15H18F3N3O2/c1-10-12(8-21(2)20-10)19-7-11-4-5-13(14(6-11)22-3)23-9-15(16,17)18/h4-6,8,19H,7,9H2,1-3H3. The summed E-state index contributed by atoms with van der Waals surface area (Å²) in [4.78, 5) is 0. The molecule has 126 valence electrons. The number of nitrogens with zero attached hydrogens (tertiary/aromatic N) is 2. The van der Waals surface area contributed by atoms with E-state index in [1.165, 1.54) is 13.2 Å². The number of halogens is 3. The van der Waals surface area contributed by atoms with Crippen LogP contribution in [0.4, 0.5) is 18.9 Å². The largest absolute Gasteiger partial charge is 0.493 e. The molecule has 0 saturated carbocycles. The zero-order valence-electron chi connectivity index (χ0n) is 13.1. The smallest absolute Gasteiger partial charge is 0.422 e. The molecular formula is C15H18F3N3O2. The van der Waals surface area contributed by atoms with Crippen molar-refractivity contribution in [2.45, 2.75) is 19.6 Å². The van der Waals surface area contributed by atoms with Crippen LogP contribution in [0.15, 0.2) is 24.4 Å². The average Bonchev–Trinajstić information content (AvgIpc) is 2.80. The first-order chi connectivity index (χ1) is 10.8. The second-order valence-corrected chi connectivity index (χ2v) is 5.04. The van der Waals surface area contributed by atoms with Gasteiger partial charge in [0.05, 0.1) is 18.5 Å². The van der Waals surface area contributed by atoms with Crippen molar-refractivity contribution in [3.63, 3.8) is 0 Å². The number of methoxy groups -OCH3 is 1. The highest BCUT2D eigenvalue weighted by Crippen LogP contribution is 2.30. The van der Waals surface area contributed by atoms with Crippen molar-refractivity contribution < 1.29 is 22.6 Å². The number of aromatic nitrogens is 2. The van der Waals surface area contributed by atoms with Crippen LogP contribution in [0.1, 0.15) is 11.3 Å². The lowest BCUT2D eigenvalue weighted by atomic mass is 10.2. The second-order valence-electron chi connectivity index (χ2n) is 5.04. The van der Waals surface area contributed by atoms with Gasteiger partial charge in [-0.3, -0.25) is 4.68 Å². The molecule has 0 fully saturated rings. The van der Waals surface area contributed by atoms with E-state index in [0.717, 1.165) is 16.9 Å². The first kappa shape index (κ1) is 17.0. The van der Waals surface area contributed by atoms with E-state index >= 15 is 0 Å². The molecule has 0 aliphatic carbocycles. The monoisotopic (exact) mass is 329 g/mol. The van der Waals surface area contributed by atoms with Gasteiger partial charge in [0.1, 0.15) is 0 Å². The third kappa shape index (κ3) is 4.80. The Balaban J connectivity index is 2.04. The second kappa shape index (κ2) is 6.80. The number of aryl methyl sites for hydroxylation is 2. The van der Waals surface area contributed by atoms with E-state index < -0.39 is 12.8 Å². The lowest BCUT2D eigenvalue weighted by molar-refractivity contribution is -0.153. The van der Waals surface area contributed by atoms with Crippen molar-refractivity contribution in [2.75, 3.05) is 19.0 Å². The van der Waals surface area contributed by atoms with Crippen LogP contribution in [0.2, 0.25) is 0 Å². The molecule has 1 aromatic heterocycles. The Morgan fingerprint density at radius 2 is 2.00 bits per heavy atom. The molecule has 2 rings (SSSR count). The maximum atomic E-state index is 12.2. The van der Waals surface area contributed by atoms with Crippen molar-refractivity contribution in [1.82, 2.24) is 9.78 Å². The molecule has 0 atom stereocenters. The minimum Gasteiger partial charge on any atom is -0.493 e. The van der Waals surface area contributed by atoms with Gasteiger partial charge in [-0.25, -0.2) is 0 Å². The summed E-state index contributed by atoms with van der Waals surface area (Å²) in [6.45, 7) is 1.02. The van der Waals surface area contributed by atoms with Crippen LogP contribution in [0.5, 0.6) is 11.5 Å². The number of benzene rings is 1. The molecule has 1 N–H and O–H groups in total. The zero-order chi connectivity index (χ0) is 17.0. The molecule has 1 heterocycles. The van der Waals surface area contributed by atoms with E-state index in [4.69, 9.17) is 9.47 Å². The molecule has 2 aromatic rings. The predicted octanol–water partition coefficient (Wildman–Crippen LogP) is 3.29.